The second-order valence-electron chi connectivity index (χ2n) is 6.11. The standard InChI is InChI=1S/C17H20N5O3/c1-4-20-15(23)13-14(19(2)17(20)24)18-16-21(9-10-22(13)16)11-7-5-6-8-12(11)25-3/h5-8,13H,4,9-10H2,1-3H3/q+1. The molecular weight excluding hydrogens is 322 g/mol. The lowest BCUT2D eigenvalue weighted by Gasteiger charge is -2.33. The molecule has 0 radical (unpaired) electrons. The maximum atomic E-state index is 12.8. The largest absolute Gasteiger partial charge is 0.493 e. The highest BCUT2D eigenvalue weighted by Gasteiger charge is 2.55. The van der Waals surface area contributed by atoms with Crippen molar-refractivity contribution >= 4 is 29.4 Å². The Morgan fingerprint density at radius 1 is 1.32 bits per heavy atom. The number of carbonyl (C=O) groups is 2. The maximum absolute atomic E-state index is 12.8. The van der Waals surface area contributed by atoms with Gasteiger partial charge in [-0.3, -0.25) is 14.6 Å². The Balaban J connectivity index is 1.77. The van der Waals surface area contributed by atoms with E-state index in [0.29, 0.717) is 31.4 Å². The van der Waals surface area contributed by atoms with Gasteiger partial charge in [0.1, 0.15) is 12.2 Å². The molecular formula is C17H20N5O3+. The number of amidine groups is 1. The number of urea groups is 1. The second kappa shape index (κ2) is 5.58. The van der Waals surface area contributed by atoms with Crippen molar-refractivity contribution in [2.24, 2.45) is 4.99 Å². The molecule has 3 amide bonds. The fraction of sp³-hybridized carbons (Fsp3) is 0.412. The van der Waals surface area contributed by atoms with E-state index in [9.17, 15) is 9.59 Å². The summed E-state index contributed by atoms with van der Waals surface area (Å²) in [6.45, 7) is 3.53. The lowest BCUT2D eigenvalue weighted by molar-refractivity contribution is -0.525. The number of methoxy groups -OCH3 is 1. The van der Waals surface area contributed by atoms with Gasteiger partial charge in [0, 0.05) is 13.6 Å². The molecule has 8 nitrogen and oxygen atoms in total. The van der Waals surface area contributed by atoms with E-state index in [0.717, 1.165) is 11.4 Å². The average Bonchev–Trinajstić information content (AvgIpc) is 3.19. The quantitative estimate of drug-likeness (QED) is 0.754. The molecule has 8 heteroatoms. The molecule has 1 atom stereocenters. The molecule has 130 valence electrons. The minimum absolute atomic E-state index is 0.207. The van der Waals surface area contributed by atoms with Crippen molar-refractivity contribution in [1.29, 1.82) is 0 Å². The van der Waals surface area contributed by atoms with Crippen LogP contribution < -0.4 is 9.64 Å². The smallest absolute Gasteiger partial charge is 0.397 e. The molecule has 3 aliphatic heterocycles. The van der Waals surface area contributed by atoms with Gasteiger partial charge in [-0.15, -0.1) is 0 Å². The number of aliphatic imine (C=N–C) groups is 1. The number of anilines is 1. The van der Waals surface area contributed by atoms with Crippen molar-refractivity contribution in [3.8, 4) is 5.75 Å². The van der Waals surface area contributed by atoms with Crippen LogP contribution in [-0.4, -0.2) is 77.9 Å². The number of hydrogen-bond donors (Lipinski definition) is 0. The summed E-state index contributed by atoms with van der Waals surface area (Å²) in [6, 6.07) is 6.86. The van der Waals surface area contributed by atoms with Crippen LogP contribution in [0.4, 0.5) is 10.5 Å². The van der Waals surface area contributed by atoms with E-state index in [4.69, 9.17) is 4.74 Å². The molecule has 0 N–H and O–H groups in total. The molecule has 1 aromatic rings. The van der Waals surface area contributed by atoms with Gasteiger partial charge in [0.15, 0.2) is 5.75 Å². The number of hydrogen-bond acceptors (Lipinski definition) is 5. The third-order valence-corrected chi connectivity index (χ3v) is 4.89. The maximum Gasteiger partial charge on any atom is 0.397 e. The van der Waals surface area contributed by atoms with E-state index in [1.807, 2.05) is 33.7 Å². The van der Waals surface area contributed by atoms with Gasteiger partial charge in [0.05, 0.1) is 13.7 Å². The van der Waals surface area contributed by atoms with Gasteiger partial charge in [0.2, 0.25) is 11.9 Å². The number of fused-ring (bicyclic) bond motifs is 2. The van der Waals surface area contributed by atoms with Crippen LogP contribution in [0.5, 0.6) is 5.75 Å². The van der Waals surface area contributed by atoms with Crippen molar-refractivity contribution in [2.75, 3.05) is 38.7 Å². The number of benzene rings is 1. The SMILES string of the molecule is CCN1C(=O)C2C(=NC3=[N+]2CCN3c2ccccc2OC)N(C)C1=O. The summed E-state index contributed by atoms with van der Waals surface area (Å²) in [4.78, 5) is 34.6. The van der Waals surface area contributed by atoms with E-state index < -0.39 is 6.04 Å². The third-order valence-electron chi connectivity index (χ3n) is 4.89. The summed E-state index contributed by atoms with van der Waals surface area (Å²) in [5.41, 5.74) is 0.902. The van der Waals surface area contributed by atoms with E-state index in [1.54, 1.807) is 21.1 Å². The van der Waals surface area contributed by atoms with Gasteiger partial charge in [0.25, 0.3) is 5.91 Å². The minimum Gasteiger partial charge on any atom is -0.493 e. The van der Waals surface area contributed by atoms with Crippen LogP contribution in [-0.2, 0) is 4.79 Å². The number of imide groups is 1. The number of para-hydroxylation sites is 2. The number of carbonyl (C=O) groups excluding carboxylic acids is 2. The molecule has 1 aromatic carbocycles. The van der Waals surface area contributed by atoms with Crippen molar-refractivity contribution in [1.82, 2.24) is 9.80 Å². The molecule has 1 fully saturated rings. The minimum atomic E-state index is -0.530. The van der Waals surface area contributed by atoms with Gasteiger partial charge in [-0.1, -0.05) is 17.1 Å². The highest BCUT2D eigenvalue weighted by atomic mass is 16.5. The summed E-state index contributed by atoms with van der Waals surface area (Å²) < 4.78 is 7.42. The molecule has 25 heavy (non-hydrogen) atoms. The number of nitrogens with zero attached hydrogens (tertiary/aromatic N) is 5. The summed E-state index contributed by atoms with van der Waals surface area (Å²) in [5.74, 6) is 1.73. The van der Waals surface area contributed by atoms with Crippen molar-refractivity contribution in [2.45, 2.75) is 13.0 Å². The zero-order valence-corrected chi connectivity index (χ0v) is 14.5. The van der Waals surface area contributed by atoms with E-state index in [1.165, 1.54) is 9.80 Å². The first-order valence-electron chi connectivity index (χ1n) is 8.30. The van der Waals surface area contributed by atoms with E-state index in [2.05, 4.69) is 4.99 Å². The van der Waals surface area contributed by atoms with Crippen LogP contribution in [0.15, 0.2) is 29.3 Å². The number of guanidine groups is 1. The molecule has 3 heterocycles. The van der Waals surface area contributed by atoms with Crippen LogP contribution in [0.2, 0.25) is 0 Å². The van der Waals surface area contributed by atoms with Gasteiger partial charge in [-0.2, -0.15) is 0 Å². The van der Waals surface area contributed by atoms with Crippen LogP contribution >= 0.6 is 0 Å². The Bertz CT molecular complexity index is 831. The Morgan fingerprint density at radius 3 is 2.80 bits per heavy atom. The molecule has 3 aliphatic rings. The Morgan fingerprint density at radius 2 is 2.08 bits per heavy atom. The lowest BCUT2D eigenvalue weighted by Crippen LogP contribution is -2.62. The monoisotopic (exact) mass is 342 g/mol. The van der Waals surface area contributed by atoms with Crippen LogP contribution in [0, 0.1) is 0 Å². The average molecular weight is 342 g/mol. The summed E-state index contributed by atoms with van der Waals surface area (Å²) >= 11 is 0. The fourth-order valence-electron chi connectivity index (χ4n) is 3.63. The van der Waals surface area contributed by atoms with Crippen LogP contribution in [0.25, 0.3) is 0 Å². The predicted molar refractivity (Wildman–Crippen MR) is 92.2 cm³/mol. The van der Waals surface area contributed by atoms with E-state index >= 15 is 0 Å². The highest BCUT2D eigenvalue weighted by Crippen LogP contribution is 2.32. The summed E-state index contributed by atoms with van der Waals surface area (Å²) in [7, 11) is 3.30. The van der Waals surface area contributed by atoms with Gasteiger partial charge in [-0.05, 0) is 19.1 Å². The van der Waals surface area contributed by atoms with Crippen LogP contribution in [0.1, 0.15) is 6.92 Å². The third kappa shape index (κ3) is 2.06. The summed E-state index contributed by atoms with van der Waals surface area (Å²) in [5, 5.41) is 0. The molecule has 1 unspecified atom stereocenters. The molecule has 4 rings (SSSR count). The highest BCUT2D eigenvalue weighted by molar-refractivity contribution is 6.24. The normalized spacial score (nSPS) is 22.4. The van der Waals surface area contributed by atoms with Gasteiger partial charge in [-0.25, -0.2) is 14.3 Å². The summed E-state index contributed by atoms with van der Waals surface area (Å²) in [6.07, 6.45) is 0. The Labute approximate surface area is 145 Å². The number of rotatable bonds is 3. The van der Waals surface area contributed by atoms with E-state index in [-0.39, 0.29) is 11.9 Å². The van der Waals surface area contributed by atoms with Crippen molar-refractivity contribution < 1.29 is 18.9 Å². The van der Waals surface area contributed by atoms with Gasteiger partial charge < -0.3 is 4.74 Å². The van der Waals surface area contributed by atoms with Crippen molar-refractivity contribution in [3.63, 3.8) is 0 Å². The lowest BCUT2D eigenvalue weighted by atomic mass is 10.1. The molecule has 0 bridgehead atoms. The number of ether oxygens (including phenoxy) is 1. The molecule has 0 saturated carbocycles. The first kappa shape index (κ1) is 15.6. The fourth-order valence-corrected chi connectivity index (χ4v) is 3.63. The molecule has 1 saturated heterocycles. The Kier molecular flexibility index (Phi) is 3.48. The molecule has 0 aliphatic carbocycles. The first-order chi connectivity index (χ1) is 12.1. The number of amides is 3. The zero-order chi connectivity index (χ0) is 17.7. The zero-order valence-electron chi connectivity index (χ0n) is 14.5. The van der Waals surface area contributed by atoms with Gasteiger partial charge >= 0.3 is 12.0 Å². The second-order valence-corrected chi connectivity index (χ2v) is 6.11. The Hall–Kier alpha value is -2.90. The topological polar surface area (TPSA) is 68.5 Å². The van der Waals surface area contributed by atoms with Crippen LogP contribution in [0.3, 0.4) is 0 Å². The molecule has 0 spiro atoms. The van der Waals surface area contributed by atoms with Crippen molar-refractivity contribution in [3.05, 3.63) is 24.3 Å². The first-order valence-corrected chi connectivity index (χ1v) is 8.30. The molecule has 0 aromatic heterocycles. The predicted octanol–water partition coefficient (Wildman–Crippen LogP) is 0.578. The number of likely N-dealkylation sites (N-methyl/N-ethyl adjacent to an activating group) is 2.